The number of hydrogen-bond donors (Lipinski definition) is 1. The highest BCUT2D eigenvalue weighted by atomic mass is 19.1. The molecule has 1 N–H and O–H groups in total. The van der Waals surface area contributed by atoms with Crippen molar-refractivity contribution >= 4 is 0 Å². The van der Waals surface area contributed by atoms with Crippen molar-refractivity contribution in [2.75, 3.05) is 0 Å². The third kappa shape index (κ3) is 2.47. The van der Waals surface area contributed by atoms with E-state index in [2.05, 4.69) is 10.1 Å². The summed E-state index contributed by atoms with van der Waals surface area (Å²) in [7, 11) is 0. The molecule has 0 aliphatic carbocycles. The topological polar surface area (TPSA) is 59.2 Å². The number of benzene rings is 2. The van der Waals surface area contributed by atoms with Gasteiger partial charge in [-0.15, -0.1) is 0 Å². The smallest absolute Gasteiger partial charge is 0.261 e. The van der Waals surface area contributed by atoms with Crippen LogP contribution in [-0.4, -0.2) is 15.2 Å². The van der Waals surface area contributed by atoms with Crippen molar-refractivity contribution in [1.29, 1.82) is 0 Å². The second-order valence-corrected chi connectivity index (χ2v) is 4.55. The number of hydrogen-bond acceptors (Lipinski definition) is 4. The maximum atomic E-state index is 13.8. The molecule has 0 unspecified atom stereocenters. The second-order valence-electron chi connectivity index (χ2n) is 4.55. The maximum absolute atomic E-state index is 13.8. The van der Waals surface area contributed by atoms with Gasteiger partial charge in [0.1, 0.15) is 17.4 Å². The first-order chi connectivity index (χ1) is 10.0. The molecule has 0 amide bonds. The van der Waals surface area contributed by atoms with Crippen molar-refractivity contribution in [3.05, 3.63) is 53.6 Å². The third-order valence-corrected chi connectivity index (χ3v) is 3.03. The molecule has 3 rings (SSSR count). The van der Waals surface area contributed by atoms with Gasteiger partial charge in [-0.1, -0.05) is 5.16 Å². The zero-order valence-corrected chi connectivity index (χ0v) is 11.0. The molecule has 21 heavy (non-hydrogen) atoms. The fourth-order valence-electron chi connectivity index (χ4n) is 1.88. The summed E-state index contributed by atoms with van der Waals surface area (Å²) in [4.78, 5) is 4.09. The summed E-state index contributed by atoms with van der Waals surface area (Å²) in [5, 5.41) is 13.0. The molecule has 3 aromatic rings. The van der Waals surface area contributed by atoms with Gasteiger partial charge in [-0.25, -0.2) is 8.78 Å². The quantitative estimate of drug-likeness (QED) is 0.781. The lowest BCUT2D eigenvalue weighted by atomic mass is 10.1. The van der Waals surface area contributed by atoms with Crippen molar-refractivity contribution in [2.24, 2.45) is 0 Å². The van der Waals surface area contributed by atoms with Gasteiger partial charge in [-0.3, -0.25) is 0 Å². The first-order valence-electron chi connectivity index (χ1n) is 6.14. The fourth-order valence-corrected chi connectivity index (χ4v) is 1.88. The van der Waals surface area contributed by atoms with Crippen molar-refractivity contribution in [1.82, 2.24) is 10.1 Å². The Morgan fingerprint density at radius 1 is 1.05 bits per heavy atom. The number of aromatic nitrogens is 2. The van der Waals surface area contributed by atoms with Gasteiger partial charge in [0.25, 0.3) is 5.89 Å². The number of rotatable bonds is 2. The van der Waals surface area contributed by atoms with E-state index < -0.39 is 11.6 Å². The molecule has 6 heteroatoms. The van der Waals surface area contributed by atoms with E-state index in [9.17, 15) is 13.9 Å². The largest absolute Gasteiger partial charge is 0.508 e. The van der Waals surface area contributed by atoms with E-state index in [1.165, 1.54) is 25.1 Å². The van der Waals surface area contributed by atoms with Crippen molar-refractivity contribution in [3.8, 4) is 28.6 Å². The Balaban J connectivity index is 2.02. The molecule has 0 spiro atoms. The first kappa shape index (κ1) is 13.2. The summed E-state index contributed by atoms with van der Waals surface area (Å²) < 4.78 is 32.1. The Labute approximate surface area is 118 Å². The number of aromatic hydroxyl groups is 1. The Morgan fingerprint density at radius 2 is 1.76 bits per heavy atom. The molecule has 0 aliphatic heterocycles. The maximum Gasteiger partial charge on any atom is 0.261 e. The molecule has 1 aromatic heterocycles. The van der Waals surface area contributed by atoms with Gasteiger partial charge in [0.05, 0.1) is 5.56 Å². The first-order valence-corrected chi connectivity index (χ1v) is 6.14. The van der Waals surface area contributed by atoms with E-state index >= 15 is 0 Å². The summed E-state index contributed by atoms with van der Waals surface area (Å²) in [6, 6.07) is 8.28. The molecule has 0 saturated carbocycles. The van der Waals surface area contributed by atoms with Gasteiger partial charge in [0.2, 0.25) is 5.82 Å². The molecule has 0 bridgehead atoms. The van der Waals surface area contributed by atoms with Crippen molar-refractivity contribution in [3.63, 3.8) is 0 Å². The fraction of sp³-hybridized carbons (Fsp3) is 0.0667. The minimum atomic E-state index is -0.765. The predicted molar refractivity (Wildman–Crippen MR) is 71.5 cm³/mol. The number of phenols is 1. The van der Waals surface area contributed by atoms with Crippen LogP contribution in [0.2, 0.25) is 0 Å². The summed E-state index contributed by atoms with van der Waals surface area (Å²) in [6.45, 7) is 1.52. The molecule has 0 aliphatic rings. The van der Waals surface area contributed by atoms with Crippen LogP contribution in [0.3, 0.4) is 0 Å². The molecule has 0 radical (unpaired) electrons. The highest BCUT2D eigenvalue weighted by Crippen LogP contribution is 2.27. The van der Waals surface area contributed by atoms with Gasteiger partial charge in [-0.05, 0) is 42.8 Å². The average Bonchev–Trinajstić information content (AvgIpc) is 2.93. The molecule has 0 saturated heterocycles. The highest BCUT2D eigenvalue weighted by Gasteiger charge is 2.16. The van der Waals surface area contributed by atoms with Crippen LogP contribution in [0.25, 0.3) is 22.8 Å². The lowest BCUT2D eigenvalue weighted by Crippen LogP contribution is -1.90. The zero-order valence-electron chi connectivity index (χ0n) is 11.0. The van der Waals surface area contributed by atoms with Crippen LogP contribution < -0.4 is 0 Å². The Hall–Kier alpha value is -2.76. The average molecular weight is 288 g/mol. The third-order valence-electron chi connectivity index (χ3n) is 3.03. The highest BCUT2D eigenvalue weighted by molar-refractivity contribution is 5.61. The monoisotopic (exact) mass is 288 g/mol. The standard InChI is InChI=1S/C15H10F2N2O2/c1-8-6-11(13(17)7-12(8)16)15-18-14(19-21-15)9-2-4-10(20)5-3-9/h2-7,20H,1H3. The van der Waals surface area contributed by atoms with Crippen molar-refractivity contribution < 1.29 is 18.4 Å². The van der Waals surface area contributed by atoms with E-state index in [4.69, 9.17) is 4.52 Å². The van der Waals surface area contributed by atoms with Crippen LogP contribution in [0, 0.1) is 18.6 Å². The lowest BCUT2D eigenvalue weighted by Gasteiger charge is -2.00. The Morgan fingerprint density at radius 3 is 2.48 bits per heavy atom. The van der Waals surface area contributed by atoms with Gasteiger partial charge in [0.15, 0.2) is 0 Å². The Kier molecular flexibility index (Phi) is 3.13. The van der Waals surface area contributed by atoms with Crippen LogP contribution in [0.5, 0.6) is 5.75 Å². The summed E-state index contributed by atoms with van der Waals surface area (Å²) in [5.41, 5.74) is 0.948. The summed E-state index contributed by atoms with van der Waals surface area (Å²) in [6.07, 6.45) is 0. The van der Waals surface area contributed by atoms with Gasteiger partial charge in [-0.2, -0.15) is 4.98 Å². The SMILES string of the molecule is Cc1cc(-c2nc(-c3ccc(O)cc3)no2)c(F)cc1F. The van der Waals surface area contributed by atoms with E-state index in [0.717, 1.165) is 6.07 Å². The Bertz CT molecular complexity index is 798. The van der Waals surface area contributed by atoms with E-state index in [1.807, 2.05) is 0 Å². The number of halogens is 2. The van der Waals surface area contributed by atoms with Crippen LogP contribution in [0.4, 0.5) is 8.78 Å². The van der Waals surface area contributed by atoms with Gasteiger partial charge < -0.3 is 9.63 Å². The predicted octanol–water partition coefficient (Wildman–Crippen LogP) is 3.70. The molecular weight excluding hydrogens is 278 g/mol. The minimum Gasteiger partial charge on any atom is -0.508 e. The molecule has 0 atom stereocenters. The minimum absolute atomic E-state index is 0.0290. The summed E-state index contributed by atoms with van der Waals surface area (Å²) in [5.74, 6) is -1.05. The molecule has 0 fully saturated rings. The van der Waals surface area contributed by atoms with Gasteiger partial charge in [0, 0.05) is 11.6 Å². The van der Waals surface area contributed by atoms with Crippen molar-refractivity contribution in [2.45, 2.75) is 6.92 Å². The van der Waals surface area contributed by atoms with Crippen LogP contribution in [-0.2, 0) is 0 Å². The molecule has 106 valence electrons. The lowest BCUT2D eigenvalue weighted by molar-refractivity contribution is 0.429. The van der Waals surface area contributed by atoms with Crippen LogP contribution in [0.15, 0.2) is 40.9 Å². The second kappa shape index (κ2) is 4.97. The zero-order chi connectivity index (χ0) is 15.0. The van der Waals surface area contributed by atoms with E-state index in [0.29, 0.717) is 5.56 Å². The van der Waals surface area contributed by atoms with E-state index in [-0.39, 0.29) is 28.6 Å². The molecular formula is C15H10F2N2O2. The number of phenolic OH excluding ortho intramolecular Hbond substituents is 1. The van der Waals surface area contributed by atoms with Crippen LogP contribution in [0.1, 0.15) is 5.56 Å². The molecule has 4 nitrogen and oxygen atoms in total. The molecule has 2 aromatic carbocycles. The summed E-state index contributed by atoms with van der Waals surface area (Å²) >= 11 is 0. The van der Waals surface area contributed by atoms with Crippen LogP contribution >= 0.6 is 0 Å². The van der Waals surface area contributed by atoms with E-state index in [1.54, 1.807) is 12.1 Å². The normalized spacial score (nSPS) is 10.8. The van der Waals surface area contributed by atoms with Gasteiger partial charge >= 0.3 is 0 Å². The number of nitrogens with zero attached hydrogens (tertiary/aromatic N) is 2. The number of aryl methyl sites for hydroxylation is 1. The molecule has 1 heterocycles.